The molecular formula is C14H27NO. The molecule has 16 heavy (non-hydrogen) atoms. The summed E-state index contributed by atoms with van der Waals surface area (Å²) in [4.78, 5) is 2.47. The first-order valence-corrected chi connectivity index (χ1v) is 7.09. The fraction of sp³-hybridized carbons (Fsp3) is 1.00. The van der Waals surface area contributed by atoms with E-state index < -0.39 is 0 Å². The van der Waals surface area contributed by atoms with Gasteiger partial charge in [0.2, 0.25) is 0 Å². The van der Waals surface area contributed by atoms with Gasteiger partial charge in [-0.05, 0) is 24.2 Å². The summed E-state index contributed by atoms with van der Waals surface area (Å²) in [5.41, 5.74) is 0.674. The van der Waals surface area contributed by atoms with Crippen LogP contribution in [0, 0.1) is 11.3 Å². The van der Waals surface area contributed by atoms with Gasteiger partial charge in [0, 0.05) is 19.6 Å². The van der Waals surface area contributed by atoms with Crippen molar-refractivity contribution in [3.63, 3.8) is 0 Å². The minimum Gasteiger partial charge on any atom is -0.392 e. The van der Waals surface area contributed by atoms with Crippen LogP contribution in [0.25, 0.3) is 0 Å². The molecule has 0 aromatic carbocycles. The van der Waals surface area contributed by atoms with E-state index in [-0.39, 0.29) is 6.10 Å². The zero-order valence-corrected chi connectivity index (χ0v) is 10.9. The number of nitrogens with zero attached hydrogens (tertiary/aromatic N) is 1. The summed E-state index contributed by atoms with van der Waals surface area (Å²) < 4.78 is 0. The molecule has 2 fully saturated rings. The van der Waals surface area contributed by atoms with E-state index in [1.807, 2.05) is 0 Å². The van der Waals surface area contributed by atoms with Crippen molar-refractivity contribution in [1.29, 1.82) is 0 Å². The highest BCUT2D eigenvalue weighted by molar-refractivity contribution is 4.98. The quantitative estimate of drug-likeness (QED) is 0.777. The summed E-state index contributed by atoms with van der Waals surface area (Å²) in [5, 5.41) is 10.1. The Bertz CT molecular complexity index is 211. The van der Waals surface area contributed by atoms with Crippen molar-refractivity contribution in [3.8, 4) is 0 Å². The normalized spacial score (nSPS) is 26.2. The minimum atomic E-state index is -0.103. The highest BCUT2D eigenvalue weighted by Gasteiger charge is 2.44. The molecule has 1 heterocycles. The smallest absolute Gasteiger partial charge is 0.0695 e. The van der Waals surface area contributed by atoms with Gasteiger partial charge in [0.15, 0.2) is 0 Å². The van der Waals surface area contributed by atoms with Gasteiger partial charge < -0.3 is 5.11 Å². The summed E-state index contributed by atoms with van der Waals surface area (Å²) in [7, 11) is 0. The van der Waals surface area contributed by atoms with Crippen LogP contribution in [-0.4, -0.2) is 35.7 Å². The third kappa shape index (κ3) is 2.43. The molecule has 0 amide bonds. The van der Waals surface area contributed by atoms with Gasteiger partial charge in [-0.2, -0.15) is 0 Å². The molecule has 2 rings (SSSR count). The van der Waals surface area contributed by atoms with Crippen molar-refractivity contribution < 1.29 is 5.11 Å². The molecule has 1 N–H and O–H groups in total. The molecule has 1 atom stereocenters. The number of β-amino-alcohol motifs (C(OH)–C–C–N with tert-alkyl or cyclic N) is 1. The zero-order valence-electron chi connectivity index (χ0n) is 10.9. The molecule has 1 spiro atoms. The summed E-state index contributed by atoms with van der Waals surface area (Å²) in [6.45, 7) is 7.79. The van der Waals surface area contributed by atoms with Crippen molar-refractivity contribution in [2.24, 2.45) is 11.3 Å². The van der Waals surface area contributed by atoms with Crippen LogP contribution in [-0.2, 0) is 0 Å². The Morgan fingerprint density at radius 3 is 2.19 bits per heavy atom. The Labute approximate surface area is 100 Å². The molecule has 1 aliphatic heterocycles. The summed E-state index contributed by atoms with van der Waals surface area (Å²) in [5.74, 6) is 0.500. The first-order chi connectivity index (χ1) is 7.69. The number of aliphatic hydroxyl groups excluding tert-OH is 1. The molecule has 1 saturated carbocycles. The van der Waals surface area contributed by atoms with E-state index in [4.69, 9.17) is 0 Å². The van der Waals surface area contributed by atoms with Crippen LogP contribution in [0.2, 0.25) is 0 Å². The van der Waals surface area contributed by atoms with Crippen molar-refractivity contribution in [3.05, 3.63) is 0 Å². The molecule has 0 aromatic heterocycles. The predicted molar refractivity (Wildman–Crippen MR) is 67.4 cm³/mol. The molecule has 2 aliphatic rings. The van der Waals surface area contributed by atoms with E-state index in [1.54, 1.807) is 0 Å². The van der Waals surface area contributed by atoms with E-state index in [2.05, 4.69) is 18.7 Å². The van der Waals surface area contributed by atoms with Gasteiger partial charge in [-0.15, -0.1) is 0 Å². The summed E-state index contributed by atoms with van der Waals surface area (Å²) in [6.07, 6.45) is 7.85. The Hall–Kier alpha value is -0.0800. The van der Waals surface area contributed by atoms with E-state index in [9.17, 15) is 5.11 Å². The fourth-order valence-corrected chi connectivity index (χ4v) is 3.72. The molecule has 94 valence electrons. The van der Waals surface area contributed by atoms with E-state index >= 15 is 0 Å². The predicted octanol–water partition coefficient (Wildman–Crippen LogP) is 2.66. The standard InChI is InChI=1S/C14H27NO/c1-3-12(4-2)13(16)9-15-10-14(11-15)7-5-6-8-14/h12-13,16H,3-11H2,1-2H3. The van der Waals surface area contributed by atoms with Crippen LogP contribution in [0.1, 0.15) is 52.4 Å². The SMILES string of the molecule is CCC(CC)C(O)CN1CC2(CCCC2)C1. The van der Waals surface area contributed by atoms with Crippen LogP contribution < -0.4 is 0 Å². The first kappa shape index (κ1) is 12.4. The van der Waals surface area contributed by atoms with Crippen molar-refractivity contribution in [1.82, 2.24) is 4.90 Å². The summed E-state index contributed by atoms with van der Waals surface area (Å²) >= 11 is 0. The van der Waals surface area contributed by atoms with E-state index in [1.165, 1.54) is 38.8 Å². The molecule has 0 radical (unpaired) electrons. The van der Waals surface area contributed by atoms with E-state index in [0.29, 0.717) is 11.3 Å². The third-order valence-electron chi connectivity index (χ3n) is 4.82. The van der Waals surface area contributed by atoms with Crippen LogP contribution in [0.5, 0.6) is 0 Å². The van der Waals surface area contributed by atoms with Crippen LogP contribution >= 0.6 is 0 Å². The van der Waals surface area contributed by atoms with Gasteiger partial charge in [0.05, 0.1) is 6.10 Å². The highest BCUT2D eigenvalue weighted by atomic mass is 16.3. The van der Waals surface area contributed by atoms with Gasteiger partial charge >= 0.3 is 0 Å². The van der Waals surface area contributed by atoms with Crippen molar-refractivity contribution in [2.45, 2.75) is 58.5 Å². The van der Waals surface area contributed by atoms with Crippen molar-refractivity contribution >= 4 is 0 Å². The second-order valence-electron chi connectivity index (χ2n) is 6.02. The van der Waals surface area contributed by atoms with E-state index in [0.717, 1.165) is 19.4 Å². The van der Waals surface area contributed by atoms with Gasteiger partial charge in [0.1, 0.15) is 0 Å². The molecule has 1 unspecified atom stereocenters. The fourth-order valence-electron chi connectivity index (χ4n) is 3.72. The van der Waals surface area contributed by atoms with Gasteiger partial charge in [0.25, 0.3) is 0 Å². The maximum absolute atomic E-state index is 10.1. The molecule has 1 aliphatic carbocycles. The topological polar surface area (TPSA) is 23.5 Å². The summed E-state index contributed by atoms with van der Waals surface area (Å²) in [6, 6.07) is 0. The highest BCUT2D eigenvalue weighted by Crippen LogP contribution is 2.45. The second kappa shape index (κ2) is 5.05. The average molecular weight is 225 g/mol. The molecule has 2 nitrogen and oxygen atoms in total. The number of rotatable bonds is 5. The third-order valence-corrected chi connectivity index (χ3v) is 4.82. The number of hydrogen-bond acceptors (Lipinski definition) is 2. The molecule has 1 saturated heterocycles. The van der Waals surface area contributed by atoms with Crippen LogP contribution in [0.15, 0.2) is 0 Å². The Balaban J connectivity index is 1.72. The Morgan fingerprint density at radius 2 is 1.69 bits per heavy atom. The lowest BCUT2D eigenvalue weighted by Crippen LogP contribution is -2.57. The Morgan fingerprint density at radius 1 is 1.12 bits per heavy atom. The first-order valence-electron chi connectivity index (χ1n) is 7.09. The lowest BCUT2D eigenvalue weighted by Gasteiger charge is -2.49. The zero-order chi connectivity index (χ0) is 11.6. The molecule has 0 aromatic rings. The van der Waals surface area contributed by atoms with Gasteiger partial charge in [-0.1, -0.05) is 39.5 Å². The largest absolute Gasteiger partial charge is 0.392 e. The van der Waals surface area contributed by atoms with Crippen LogP contribution in [0.3, 0.4) is 0 Å². The number of aliphatic hydroxyl groups is 1. The van der Waals surface area contributed by atoms with Gasteiger partial charge in [-0.25, -0.2) is 0 Å². The average Bonchev–Trinajstić information content (AvgIpc) is 2.68. The number of likely N-dealkylation sites (tertiary alicyclic amines) is 1. The number of hydrogen-bond donors (Lipinski definition) is 1. The second-order valence-corrected chi connectivity index (χ2v) is 6.02. The Kier molecular flexibility index (Phi) is 3.91. The van der Waals surface area contributed by atoms with Crippen molar-refractivity contribution in [2.75, 3.05) is 19.6 Å². The van der Waals surface area contributed by atoms with Crippen LogP contribution in [0.4, 0.5) is 0 Å². The lowest BCUT2D eigenvalue weighted by molar-refractivity contribution is -0.0372. The molecular weight excluding hydrogens is 198 g/mol. The molecule has 2 heteroatoms. The maximum atomic E-state index is 10.1. The lowest BCUT2D eigenvalue weighted by atomic mass is 9.78. The van der Waals surface area contributed by atoms with Gasteiger partial charge in [-0.3, -0.25) is 4.90 Å². The monoisotopic (exact) mass is 225 g/mol. The molecule has 0 bridgehead atoms. The minimum absolute atomic E-state index is 0.103. The maximum Gasteiger partial charge on any atom is 0.0695 e.